The lowest BCUT2D eigenvalue weighted by atomic mass is 10.2. The fraction of sp³-hybridized carbons (Fsp3) is 0.385. The lowest BCUT2D eigenvalue weighted by Gasteiger charge is -2.14. The second-order valence-electron chi connectivity index (χ2n) is 4.17. The van der Waals surface area contributed by atoms with E-state index in [0.717, 1.165) is 0 Å². The second-order valence-corrected chi connectivity index (χ2v) is 4.17. The number of benzene rings is 1. The second kappa shape index (κ2) is 6.84. The number of aliphatic hydroxyl groups is 1. The van der Waals surface area contributed by atoms with Crippen molar-refractivity contribution in [3.8, 4) is 0 Å². The zero-order valence-electron chi connectivity index (χ0n) is 10.9. The summed E-state index contributed by atoms with van der Waals surface area (Å²) in [5.41, 5.74) is 0.897. The SMILES string of the molecule is CCC(CO)NC(=O)C(=O)Nc1ccc(F)cc1C. The molecule has 0 saturated heterocycles. The molecule has 5 nitrogen and oxygen atoms in total. The smallest absolute Gasteiger partial charge is 0.313 e. The van der Waals surface area contributed by atoms with Crippen molar-refractivity contribution in [2.75, 3.05) is 11.9 Å². The molecule has 0 aliphatic rings. The maximum atomic E-state index is 12.9. The van der Waals surface area contributed by atoms with Crippen LogP contribution in [0.1, 0.15) is 18.9 Å². The number of aryl methyl sites for hydroxylation is 1. The van der Waals surface area contributed by atoms with E-state index in [1.54, 1.807) is 13.8 Å². The van der Waals surface area contributed by atoms with Gasteiger partial charge in [-0.25, -0.2) is 4.39 Å². The van der Waals surface area contributed by atoms with Gasteiger partial charge in [0, 0.05) is 5.69 Å². The number of hydrogen-bond donors (Lipinski definition) is 3. The minimum absolute atomic E-state index is 0.231. The molecule has 0 fully saturated rings. The fourth-order valence-electron chi connectivity index (χ4n) is 1.47. The lowest BCUT2D eigenvalue weighted by molar-refractivity contribution is -0.136. The summed E-state index contributed by atoms with van der Waals surface area (Å²) in [6.07, 6.45) is 0.519. The third-order valence-electron chi connectivity index (χ3n) is 2.69. The summed E-state index contributed by atoms with van der Waals surface area (Å²) in [5, 5.41) is 13.7. The molecule has 104 valence electrons. The molecule has 1 aromatic carbocycles. The number of carbonyl (C=O) groups excluding carboxylic acids is 2. The first-order chi connectivity index (χ1) is 8.97. The molecular weight excluding hydrogens is 251 g/mol. The first-order valence-electron chi connectivity index (χ1n) is 5.96. The van der Waals surface area contributed by atoms with E-state index in [1.165, 1.54) is 18.2 Å². The average molecular weight is 268 g/mol. The van der Waals surface area contributed by atoms with Gasteiger partial charge in [-0.3, -0.25) is 9.59 Å². The van der Waals surface area contributed by atoms with Gasteiger partial charge in [-0.1, -0.05) is 6.92 Å². The Labute approximate surface area is 110 Å². The Morgan fingerprint density at radius 1 is 1.37 bits per heavy atom. The van der Waals surface area contributed by atoms with Crippen molar-refractivity contribution >= 4 is 17.5 Å². The van der Waals surface area contributed by atoms with Crippen molar-refractivity contribution in [1.82, 2.24) is 5.32 Å². The molecule has 3 N–H and O–H groups in total. The molecule has 2 amide bonds. The fourth-order valence-corrected chi connectivity index (χ4v) is 1.47. The molecule has 0 heterocycles. The van der Waals surface area contributed by atoms with Crippen molar-refractivity contribution in [3.05, 3.63) is 29.6 Å². The number of amides is 2. The van der Waals surface area contributed by atoms with E-state index < -0.39 is 23.7 Å². The van der Waals surface area contributed by atoms with E-state index >= 15 is 0 Å². The van der Waals surface area contributed by atoms with Gasteiger partial charge in [0.2, 0.25) is 0 Å². The number of halogens is 1. The van der Waals surface area contributed by atoms with Crippen LogP contribution in [0.15, 0.2) is 18.2 Å². The van der Waals surface area contributed by atoms with Gasteiger partial charge < -0.3 is 15.7 Å². The van der Waals surface area contributed by atoms with Crippen molar-refractivity contribution in [2.24, 2.45) is 0 Å². The number of carbonyl (C=O) groups is 2. The van der Waals surface area contributed by atoms with Crippen molar-refractivity contribution in [3.63, 3.8) is 0 Å². The summed E-state index contributed by atoms with van der Waals surface area (Å²) in [7, 11) is 0. The summed E-state index contributed by atoms with van der Waals surface area (Å²) < 4.78 is 12.9. The van der Waals surface area contributed by atoms with Gasteiger partial charge in [0.25, 0.3) is 0 Å². The highest BCUT2D eigenvalue weighted by atomic mass is 19.1. The van der Waals surface area contributed by atoms with Crippen molar-refractivity contribution in [1.29, 1.82) is 0 Å². The summed E-state index contributed by atoms with van der Waals surface area (Å²) in [4.78, 5) is 23.2. The molecule has 1 rings (SSSR count). The Bertz CT molecular complexity index is 473. The first kappa shape index (κ1) is 15.1. The highest BCUT2D eigenvalue weighted by molar-refractivity contribution is 6.39. The topological polar surface area (TPSA) is 78.4 Å². The average Bonchev–Trinajstić information content (AvgIpc) is 2.38. The highest BCUT2D eigenvalue weighted by Crippen LogP contribution is 2.15. The Morgan fingerprint density at radius 2 is 2.05 bits per heavy atom. The normalized spacial score (nSPS) is 11.8. The van der Waals surface area contributed by atoms with E-state index in [0.29, 0.717) is 17.7 Å². The maximum Gasteiger partial charge on any atom is 0.313 e. The van der Waals surface area contributed by atoms with Crippen LogP contribution in [0.4, 0.5) is 10.1 Å². The predicted molar refractivity (Wildman–Crippen MR) is 69.1 cm³/mol. The standard InChI is InChI=1S/C13H17FN2O3/c1-3-10(7-17)15-12(18)13(19)16-11-5-4-9(14)6-8(11)2/h4-6,10,17H,3,7H2,1-2H3,(H,15,18)(H,16,19). The number of aliphatic hydroxyl groups excluding tert-OH is 1. The lowest BCUT2D eigenvalue weighted by Crippen LogP contribution is -2.43. The minimum atomic E-state index is -0.846. The summed E-state index contributed by atoms with van der Waals surface area (Å²) in [5.74, 6) is -2.09. The molecule has 0 bridgehead atoms. The largest absolute Gasteiger partial charge is 0.394 e. The van der Waals surface area contributed by atoms with E-state index in [2.05, 4.69) is 10.6 Å². The molecule has 0 spiro atoms. The zero-order valence-corrected chi connectivity index (χ0v) is 10.9. The minimum Gasteiger partial charge on any atom is -0.394 e. The molecule has 1 aromatic rings. The monoisotopic (exact) mass is 268 g/mol. The Kier molecular flexibility index (Phi) is 5.44. The predicted octanol–water partition coefficient (Wildman–Crippen LogP) is 0.960. The Hall–Kier alpha value is -1.95. The highest BCUT2D eigenvalue weighted by Gasteiger charge is 2.17. The van der Waals surface area contributed by atoms with Gasteiger partial charge in [-0.05, 0) is 37.1 Å². The first-order valence-corrected chi connectivity index (χ1v) is 5.96. The van der Waals surface area contributed by atoms with Crippen LogP contribution < -0.4 is 10.6 Å². The molecule has 0 aromatic heterocycles. The third kappa shape index (κ3) is 4.33. The molecule has 19 heavy (non-hydrogen) atoms. The Balaban J connectivity index is 2.66. The van der Waals surface area contributed by atoms with E-state index in [1.807, 2.05) is 0 Å². The summed E-state index contributed by atoms with van der Waals surface area (Å²) >= 11 is 0. The summed E-state index contributed by atoms with van der Waals surface area (Å²) in [6, 6.07) is 3.39. The van der Waals surface area contributed by atoms with Crippen LogP contribution in [0.5, 0.6) is 0 Å². The van der Waals surface area contributed by atoms with Crippen molar-refractivity contribution in [2.45, 2.75) is 26.3 Å². The maximum absolute atomic E-state index is 12.9. The quantitative estimate of drug-likeness (QED) is 0.712. The van der Waals surface area contributed by atoms with Crippen LogP contribution in [0.2, 0.25) is 0 Å². The Morgan fingerprint density at radius 3 is 2.58 bits per heavy atom. The van der Waals surface area contributed by atoms with E-state index in [4.69, 9.17) is 5.11 Å². The molecule has 1 atom stereocenters. The van der Waals surface area contributed by atoms with Crippen LogP contribution in [0.3, 0.4) is 0 Å². The van der Waals surface area contributed by atoms with E-state index in [9.17, 15) is 14.0 Å². The molecular formula is C13H17FN2O3. The van der Waals surface area contributed by atoms with Gasteiger partial charge in [0.1, 0.15) is 5.82 Å². The van der Waals surface area contributed by atoms with Gasteiger partial charge in [-0.15, -0.1) is 0 Å². The zero-order chi connectivity index (χ0) is 14.4. The summed E-state index contributed by atoms with van der Waals surface area (Å²) in [6.45, 7) is 3.17. The van der Waals surface area contributed by atoms with Gasteiger partial charge in [0.15, 0.2) is 0 Å². The van der Waals surface area contributed by atoms with E-state index in [-0.39, 0.29) is 6.61 Å². The van der Waals surface area contributed by atoms with Crippen LogP contribution >= 0.6 is 0 Å². The van der Waals surface area contributed by atoms with Crippen LogP contribution in [-0.2, 0) is 9.59 Å². The van der Waals surface area contributed by atoms with Gasteiger partial charge in [-0.2, -0.15) is 0 Å². The van der Waals surface area contributed by atoms with Crippen LogP contribution in [-0.4, -0.2) is 29.6 Å². The van der Waals surface area contributed by atoms with Crippen molar-refractivity contribution < 1.29 is 19.1 Å². The molecule has 1 unspecified atom stereocenters. The van der Waals surface area contributed by atoms with Crippen LogP contribution in [0, 0.1) is 12.7 Å². The molecule has 6 heteroatoms. The number of hydrogen-bond acceptors (Lipinski definition) is 3. The number of nitrogens with one attached hydrogen (secondary N) is 2. The van der Waals surface area contributed by atoms with Crippen LogP contribution in [0.25, 0.3) is 0 Å². The molecule has 0 saturated carbocycles. The molecule has 0 aliphatic heterocycles. The van der Waals surface area contributed by atoms with Gasteiger partial charge in [0.05, 0.1) is 12.6 Å². The molecule has 0 radical (unpaired) electrons. The van der Waals surface area contributed by atoms with Gasteiger partial charge >= 0.3 is 11.8 Å². The number of rotatable bonds is 4. The number of anilines is 1. The molecule has 0 aliphatic carbocycles. The third-order valence-corrected chi connectivity index (χ3v) is 2.69.